The molecule has 0 N–H and O–H groups in total. The summed E-state index contributed by atoms with van der Waals surface area (Å²) < 4.78 is 21.6. The molecule has 0 radical (unpaired) electrons. The molecule has 39 heavy (non-hydrogen) atoms. The SMILES string of the molecule is COCCCN(CC(=O)N(Cc1cccn1Cc1ccc(F)cc1)C1CCCCC1)C(=O)c1cccc(Br)c1. The zero-order chi connectivity index (χ0) is 27.6. The van der Waals surface area contributed by atoms with Crippen molar-refractivity contribution in [2.24, 2.45) is 0 Å². The Bertz CT molecular complexity index is 1220. The summed E-state index contributed by atoms with van der Waals surface area (Å²) in [7, 11) is 1.64. The maximum absolute atomic E-state index is 14.0. The van der Waals surface area contributed by atoms with Gasteiger partial charge < -0.3 is 19.1 Å². The van der Waals surface area contributed by atoms with Gasteiger partial charge in [-0.3, -0.25) is 9.59 Å². The van der Waals surface area contributed by atoms with Gasteiger partial charge in [-0.05, 0) is 67.3 Å². The highest BCUT2D eigenvalue weighted by molar-refractivity contribution is 9.10. The highest BCUT2D eigenvalue weighted by Gasteiger charge is 2.29. The van der Waals surface area contributed by atoms with E-state index in [0.29, 0.717) is 38.2 Å². The number of ether oxygens (including phenoxy) is 1. The molecule has 0 saturated heterocycles. The molecule has 2 aromatic carbocycles. The van der Waals surface area contributed by atoms with E-state index in [9.17, 15) is 14.0 Å². The molecule has 0 spiro atoms. The summed E-state index contributed by atoms with van der Waals surface area (Å²) in [6, 6.07) is 17.9. The van der Waals surface area contributed by atoms with Crippen LogP contribution in [0.25, 0.3) is 0 Å². The van der Waals surface area contributed by atoms with Gasteiger partial charge in [-0.2, -0.15) is 0 Å². The van der Waals surface area contributed by atoms with E-state index in [1.54, 1.807) is 36.3 Å². The van der Waals surface area contributed by atoms with Gasteiger partial charge in [0.2, 0.25) is 5.91 Å². The van der Waals surface area contributed by atoms with Gasteiger partial charge in [-0.15, -0.1) is 0 Å². The summed E-state index contributed by atoms with van der Waals surface area (Å²) in [5.41, 5.74) is 2.56. The number of methoxy groups -OCH3 is 1. The number of halogens is 2. The van der Waals surface area contributed by atoms with E-state index in [0.717, 1.165) is 41.4 Å². The Morgan fingerprint density at radius 1 is 1.05 bits per heavy atom. The number of rotatable bonds is 12. The van der Waals surface area contributed by atoms with Crippen molar-refractivity contribution in [1.29, 1.82) is 0 Å². The summed E-state index contributed by atoms with van der Waals surface area (Å²) >= 11 is 3.45. The molecule has 1 aliphatic rings. The maximum Gasteiger partial charge on any atom is 0.254 e. The molecule has 1 aromatic heterocycles. The lowest BCUT2D eigenvalue weighted by Gasteiger charge is -2.36. The van der Waals surface area contributed by atoms with Gasteiger partial charge in [-0.25, -0.2) is 4.39 Å². The molecule has 0 bridgehead atoms. The molecule has 8 heteroatoms. The highest BCUT2D eigenvalue weighted by atomic mass is 79.9. The highest BCUT2D eigenvalue weighted by Crippen LogP contribution is 2.25. The Morgan fingerprint density at radius 3 is 2.54 bits per heavy atom. The second-order valence-corrected chi connectivity index (χ2v) is 11.1. The van der Waals surface area contributed by atoms with Crippen LogP contribution in [-0.4, -0.2) is 59.0 Å². The monoisotopic (exact) mass is 597 g/mol. The lowest BCUT2D eigenvalue weighted by molar-refractivity contribution is -0.135. The van der Waals surface area contributed by atoms with Crippen molar-refractivity contribution in [3.05, 3.63) is 94.0 Å². The minimum Gasteiger partial charge on any atom is -0.385 e. The van der Waals surface area contributed by atoms with Gasteiger partial charge in [0.25, 0.3) is 5.91 Å². The smallest absolute Gasteiger partial charge is 0.254 e. The van der Waals surface area contributed by atoms with Crippen molar-refractivity contribution in [3.8, 4) is 0 Å². The summed E-state index contributed by atoms with van der Waals surface area (Å²) in [4.78, 5) is 31.1. The van der Waals surface area contributed by atoms with Crippen LogP contribution >= 0.6 is 15.9 Å². The van der Waals surface area contributed by atoms with Gasteiger partial charge in [0.05, 0.1) is 6.54 Å². The van der Waals surface area contributed by atoms with Crippen molar-refractivity contribution in [1.82, 2.24) is 14.4 Å². The van der Waals surface area contributed by atoms with Crippen LogP contribution in [0.3, 0.4) is 0 Å². The standard InChI is InChI=1S/C31H37BrFN3O3/c1-39-19-7-18-35(31(38)25-8-5-9-26(32)20-25)23-30(37)36(28-10-3-2-4-11-28)22-29-12-6-17-34(29)21-24-13-15-27(33)16-14-24/h5-6,8-9,12-17,20,28H,2-4,7,10-11,18-19,21-23H2,1H3. The zero-order valence-electron chi connectivity index (χ0n) is 22.5. The molecular formula is C31H37BrFN3O3. The van der Waals surface area contributed by atoms with E-state index in [4.69, 9.17) is 4.74 Å². The minimum absolute atomic E-state index is 0.0181. The molecule has 0 aliphatic heterocycles. The van der Waals surface area contributed by atoms with E-state index >= 15 is 0 Å². The van der Waals surface area contributed by atoms with Crippen molar-refractivity contribution in [2.75, 3.05) is 26.8 Å². The molecule has 1 aliphatic carbocycles. The minimum atomic E-state index is -0.256. The summed E-state index contributed by atoms with van der Waals surface area (Å²) in [6.45, 7) is 2.03. The van der Waals surface area contributed by atoms with Crippen molar-refractivity contribution in [3.63, 3.8) is 0 Å². The third-order valence-corrected chi connectivity index (χ3v) is 7.81. The second kappa shape index (κ2) is 14.4. The predicted octanol–water partition coefficient (Wildman–Crippen LogP) is 6.28. The fourth-order valence-electron chi connectivity index (χ4n) is 5.23. The third-order valence-electron chi connectivity index (χ3n) is 7.32. The van der Waals surface area contributed by atoms with E-state index in [1.807, 2.05) is 35.4 Å². The topological polar surface area (TPSA) is 54.8 Å². The van der Waals surface area contributed by atoms with Crippen LogP contribution in [0.4, 0.5) is 4.39 Å². The van der Waals surface area contributed by atoms with E-state index < -0.39 is 0 Å². The molecule has 208 valence electrons. The second-order valence-electron chi connectivity index (χ2n) is 10.2. The van der Waals surface area contributed by atoms with Crippen molar-refractivity contribution >= 4 is 27.7 Å². The number of benzene rings is 2. The molecule has 4 rings (SSSR count). The average Bonchev–Trinajstić information content (AvgIpc) is 3.39. The first kappa shape index (κ1) is 29.0. The van der Waals surface area contributed by atoms with Gasteiger partial charge in [-0.1, -0.05) is 53.4 Å². The molecule has 0 unspecified atom stereocenters. The lowest BCUT2D eigenvalue weighted by Crippen LogP contribution is -2.48. The molecule has 6 nitrogen and oxygen atoms in total. The molecule has 3 aromatic rings. The van der Waals surface area contributed by atoms with Crippen LogP contribution in [0.15, 0.2) is 71.3 Å². The number of hydrogen-bond donors (Lipinski definition) is 0. The predicted molar refractivity (Wildman–Crippen MR) is 154 cm³/mol. The molecule has 2 amide bonds. The summed E-state index contributed by atoms with van der Waals surface area (Å²) in [5.74, 6) is -0.464. The molecule has 1 fully saturated rings. The number of aromatic nitrogens is 1. The maximum atomic E-state index is 14.0. The molecule has 0 atom stereocenters. The van der Waals surface area contributed by atoms with Crippen LogP contribution in [0.5, 0.6) is 0 Å². The third kappa shape index (κ3) is 8.26. The Morgan fingerprint density at radius 2 is 1.82 bits per heavy atom. The fourth-order valence-corrected chi connectivity index (χ4v) is 5.63. The largest absolute Gasteiger partial charge is 0.385 e. The Hall–Kier alpha value is -2.97. The van der Waals surface area contributed by atoms with Crippen LogP contribution < -0.4 is 0 Å². The normalized spacial score (nSPS) is 13.8. The Labute approximate surface area is 238 Å². The zero-order valence-corrected chi connectivity index (χ0v) is 24.1. The Kier molecular flexibility index (Phi) is 10.7. The molecule has 1 heterocycles. The first-order valence-electron chi connectivity index (χ1n) is 13.7. The van der Waals surface area contributed by atoms with Crippen LogP contribution in [0.1, 0.15) is 60.1 Å². The van der Waals surface area contributed by atoms with Crippen molar-refractivity contribution < 1.29 is 18.7 Å². The average molecular weight is 599 g/mol. The number of carbonyl (C=O) groups excluding carboxylic acids is 2. The number of hydrogen-bond acceptors (Lipinski definition) is 3. The quantitative estimate of drug-likeness (QED) is 0.231. The summed E-state index contributed by atoms with van der Waals surface area (Å²) in [6.07, 6.45) is 7.95. The van der Waals surface area contributed by atoms with Gasteiger partial charge >= 0.3 is 0 Å². The van der Waals surface area contributed by atoms with E-state index in [-0.39, 0.29) is 30.2 Å². The van der Waals surface area contributed by atoms with Crippen LogP contribution in [-0.2, 0) is 22.6 Å². The number of carbonyl (C=O) groups is 2. The Balaban J connectivity index is 1.54. The first-order chi connectivity index (χ1) is 18.9. The summed E-state index contributed by atoms with van der Waals surface area (Å²) in [5, 5.41) is 0. The lowest BCUT2D eigenvalue weighted by atomic mass is 9.94. The number of amides is 2. The van der Waals surface area contributed by atoms with Gasteiger partial charge in [0.15, 0.2) is 0 Å². The van der Waals surface area contributed by atoms with Gasteiger partial charge in [0.1, 0.15) is 12.4 Å². The molecule has 1 saturated carbocycles. The van der Waals surface area contributed by atoms with E-state index in [2.05, 4.69) is 20.5 Å². The van der Waals surface area contributed by atoms with Crippen molar-refractivity contribution in [2.45, 2.75) is 57.7 Å². The molecular weight excluding hydrogens is 561 g/mol. The van der Waals surface area contributed by atoms with Gasteiger partial charge in [0, 0.05) is 54.8 Å². The number of nitrogens with zero attached hydrogens (tertiary/aromatic N) is 3. The fraction of sp³-hybridized carbons (Fsp3) is 0.419. The van der Waals surface area contributed by atoms with E-state index in [1.165, 1.54) is 18.6 Å². The van der Waals surface area contributed by atoms with Crippen LogP contribution in [0, 0.1) is 5.82 Å². The first-order valence-corrected chi connectivity index (χ1v) is 14.5. The van der Waals surface area contributed by atoms with Crippen LogP contribution in [0.2, 0.25) is 0 Å².